The summed E-state index contributed by atoms with van der Waals surface area (Å²) in [5, 5.41) is 90.7. The number of nitrogens with one attached hydrogen (secondary N) is 1. The topological polar surface area (TPSA) is 524 Å². The number of halogens is 3. The lowest BCUT2D eigenvalue weighted by molar-refractivity contribution is -0.395. The van der Waals surface area contributed by atoms with Gasteiger partial charge in [0.2, 0.25) is 26.8 Å². The number of aryl methyl sites for hydroxylation is 3. The predicted octanol–water partition coefficient (Wildman–Crippen LogP) is 13.0. The Morgan fingerprint density at radius 3 is 1.42 bits per heavy atom. The number of aromatic carboxylic acids is 2. The minimum absolute atomic E-state index is 0. The van der Waals surface area contributed by atoms with Crippen LogP contribution in [-0.2, 0) is 44.2 Å². The summed E-state index contributed by atoms with van der Waals surface area (Å²) >= 11 is 0. The highest BCUT2D eigenvalue weighted by molar-refractivity contribution is 8.26. The lowest BCUT2D eigenvalue weighted by atomic mass is 10.0. The molecule has 0 saturated heterocycles. The van der Waals surface area contributed by atoms with Gasteiger partial charge >= 0.3 is 30.0 Å². The number of alkyl halides is 1. The average Bonchev–Trinajstić information content (AvgIpc) is 1.71. The standard InChI is InChI=1S/C12H15N3O4.C11H12N2O2.C10H10N2O6.C8H6N2O6.C8H8O2.C5H13NO2.C2H6O.CH3F.CO2.3CH4.Cl2OS.H2/c1-4-10-11(14(16)17)6-5-9(7-8-13(2)3)12(10)15(18)19;1-2-15-11(14)9-8(12)4-3-7-5-6-13-10(7)9;1-3-18-10(13)8-7(11(14)15)5-4-6(2)9(8)12(16)17;1-4-2-3-5(9(13)14)6(8(11)12)7(4)10(15)16;1-6-3-2-4-7(5-6)8(9)10;1-6(2)5(7-3)8-4;1-2-3;1-2;2-1-3;;;;1-4(2)3;/h5-8H,4H2,1-3H3;3-6,13H,2,12H2,1H3;4-5H,3H2,1-2H3;2-3H,1H3,(H,11,12);2-5H,1H3,(H,9,10);5H,1-4H3;3H,2H2,1H3;1H3;;3*1H4;;1H/b8-7+;;;;;;;;;;;;;/i;;;;;;;1D;;;;;;. The molecule has 6 N–H and O–H groups in total. The van der Waals surface area contributed by atoms with Crippen LogP contribution in [0.1, 0.15) is 122 Å². The Hall–Kier alpha value is -10.9. The first kappa shape index (κ1) is 101. The van der Waals surface area contributed by atoms with Crippen molar-refractivity contribution in [3.8, 4) is 0 Å². The number of nitrogens with two attached hydrogens (primary N) is 1. The summed E-state index contributed by atoms with van der Waals surface area (Å²) in [6.45, 7) is 11.8. The molecule has 0 saturated carbocycles. The van der Waals surface area contributed by atoms with Gasteiger partial charge in [-0.1, -0.05) is 53.0 Å². The van der Waals surface area contributed by atoms with E-state index in [9.17, 15) is 84.3 Å². The summed E-state index contributed by atoms with van der Waals surface area (Å²) in [5.41, 5.74) is 4.70. The van der Waals surface area contributed by atoms with Crippen LogP contribution < -0.4 is 5.73 Å². The number of aromatic amines is 1. The van der Waals surface area contributed by atoms with E-state index in [0.717, 1.165) is 34.7 Å². The molecular weight excluding hydrogens is 1410 g/mol. The van der Waals surface area contributed by atoms with Gasteiger partial charge in [-0.25, -0.2) is 23.4 Å². The number of carboxylic acid groups (broad SMARTS) is 2. The number of methoxy groups -OCH3 is 2. The van der Waals surface area contributed by atoms with E-state index in [-0.39, 0.29) is 89.9 Å². The van der Waals surface area contributed by atoms with E-state index in [4.69, 9.17) is 50.4 Å². The molecule has 0 atom stereocenters. The highest BCUT2D eigenvalue weighted by Gasteiger charge is 2.35. The van der Waals surface area contributed by atoms with Crippen molar-refractivity contribution in [3.05, 3.63) is 202 Å². The van der Waals surface area contributed by atoms with Crippen molar-refractivity contribution in [2.75, 3.05) is 75.1 Å². The normalized spacial score (nSPS) is 9.49. The second kappa shape index (κ2) is 56.1. The molecular formula is C61H87Cl2FN10O26S. The number of fused-ring (bicyclic) bond motifs is 1. The number of anilines is 1. The van der Waals surface area contributed by atoms with Crippen molar-refractivity contribution < 1.29 is 104 Å². The minimum Gasteiger partial charge on any atom is -0.478 e. The van der Waals surface area contributed by atoms with E-state index in [1.54, 1.807) is 96.7 Å². The number of H-pyrrole nitrogens is 1. The maximum Gasteiger partial charge on any atom is 0.373 e. The number of nitrogens with zero attached hydrogens (tertiary/aromatic N) is 8. The first-order chi connectivity index (χ1) is 46.3. The van der Waals surface area contributed by atoms with Crippen molar-refractivity contribution in [3.63, 3.8) is 0 Å². The molecule has 0 aliphatic rings. The monoisotopic (exact) mass is 1500 g/mol. The average molecular weight is 1500 g/mol. The molecule has 0 aliphatic carbocycles. The summed E-state index contributed by atoms with van der Waals surface area (Å²) in [6.07, 6.45) is 5.27. The van der Waals surface area contributed by atoms with Crippen LogP contribution in [0.25, 0.3) is 17.0 Å². The number of aliphatic hydroxyl groups excluding tert-OH is 1. The molecule has 0 amide bonds. The molecule has 1 heterocycles. The van der Waals surface area contributed by atoms with Crippen LogP contribution in [0.3, 0.4) is 0 Å². The number of benzene rings is 5. The SMILES string of the molecule is C.C.C.CCO.CCOC(=O)c1c(N)ccc2cc[nH]c12.CCOC(=O)c1c([N+](=O)[O-])ccc(C)c1[N+](=O)[O-].CCc1c([N+](=O)[O-])ccc(/C=C/N(C)C)c1[N+](=O)[O-].COC(OC)N(C)C.Cc1ccc([N+](=O)[O-])c(C(=O)O)c1[N+](=O)[O-].Cc1cccc(C(=O)O)c1.O=C=O.O=S(Cl)Cl.[2H]CF.[HH]. The number of aromatic nitrogens is 1. The molecule has 0 aliphatic heterocycles. The second-order valence-corrected chi connectivity index (χ2v) is 20.7. The number of hydrogen-bond acceptors (Lipinski definition) is 27. The number of nitrogen functional groups attached to an aromatic ring is 1. The van der Waals surface area contributed by atoms with Crippen LogP contribution in [0, 0.1) is 81.5 Å². The smallest absolute Gasteiger partial charge is 0.373 e. The molecule has 564 valence electrons. The van der Waals surface area contributed by atoms with Crippen LogP contribution in [0.2, 0.25) is 0 Å². The Morgan fingerprint density at radius 2 is 1.09 bits per heavy atom. The fraction of sp³-hybridized carbons (Fsp3) is 0.361. The number of carbonyl (C=O) groups excluding carboxylic acids is 4. The summed E-state index contributed by atoms with van der Waals surface area (Å²) in [7, 11) is 16.9. The van der Waals surface area contributed by atoms with E-state index in [2.05, 4.69) is 31.1 Å². The lowest BCUT2D eigenvalue weighted by Gasteiger charge is -2.19. The van der Waals surface area contributed by atoms with Gasteiger partial charge in [0, 0.05) is 104 Å². The van der Waals surface area contributed by atoms with Crippen molar-refractivity contribution in [1.82, 2.24) is 14.8 Å². The Labute approximate surface area is 594 Å². The van der Waals surface area contributed by atoms with Crippen molar-refractivity contribution in [2.24, 2.45) is 0 Å². The van der Waals surface area contributed by atoms with Crippen LogP contribution >= 0.6 is 21.4 Å². The maximum absolute atomic E-state index is 11.7. The van der Waals surface area contributed by atoms with Crippen molar-refractivity contribution >= 4 is 117 Å². The van der Waals surface area contributed by atoms with Gasteiger partial charge in [0.15, 0.2) is 0 Å². The number of aliphatic hydroxyl groups is 1. The third-order valence-electron chi connectivity index (χ3n) is 11.1. The van der Waals surface area contributed by atoms with Crippen LogP contribution in [-0.4, -0.2) is 170 Å². The Bertz CT molecular complexity index is 3760. The fourth-order valence-corrected chi connectivity index (χ4v) is 7.37. The quantitative estimate of drug-likeness (QED) is 0.0133. The second-order valence-electron chi connectivity index (χ2n) is 18.1. The maximum atomic E-state index is 11.7. The Kier molecular flexibility index (Phi) is 56.2. The van der Waals surface area contributed by atoms with Gasteiger partial charge < -0.3 is 49.9 Å². The molecule has 0 unspecified atom stereocenters. The zero-order valence-corrected chi connectivity index (χ0v) is 57.1. The molecule has 0 bridgehead atoms. The number of nitro groups is 6. The summed E-state index contributed by atoms with van der Waals surface area (Å²) in [5.74, 6) is -4.02. The van der Waals surface area contributed by atoms with E-state index in [1.807, 2.05) is 44.1 Å². The number of carboxylic acids is 2. The van der Waals surface area contributed by atoms with E-state index >= 15 is 0 Å². The summed E-state index contributed by atoms with van der Waals surface area (Å²) < 4.78 is 43.9. The molecule has 0 fully saturated rings. The van der Waals surface area contributed by atoms with Gasteiger partial charge in [-0.05, 0) is 117 Å². The largest absolute Gasteiger partial charge is 0.478 e. The number of rotatable bonds is 18. The van der Waals surface area contributed by atoms with Gasteiger partial charge in [0.1, 0.15) is 11.1 Å². The van der Waals surface area contributed by atoms with Crippen LogP contribution in [0.15, 0.2) is 91.3 Å². The highest BCUT2D eigenvalue weighted by atomic mass is 36.0. The number of ether oxygens (including phenoxy) is 4. The van der Waals surface area contributed by atoms with Gasteiger partial charge in [0.25, 0.3) is 34.1 Å². The Morgan fingerprint density at radius 1 is 0.683 bits per heavy atom. The molecule has 6 aromatic rings. The lowest BCUT2D eigenvalue weighted by Crippen LogP contribution is -2.30. The number of hydrogen-bond donors (Lipinski definition) is 5. The fourth-order valence-electron chi connectivity index (χ4n) is 7.37. The number of nitro benzene ring substituents is 6. The Balaban J connectivity index is -0.000000170. The third kappa shape index (κ3) is 37.6. The highest BCUT2D eigenvalue weighted by Crippen LogP contribution is 2.35. The number of esters is 2. The number of carbonyl (C=O) groups is 4. The molecule has 40 heteroatoms. The van der Waals surface area contributed by atoms with Gasteiger partial charge in [-0.3, -0.25) is 70.0 Å². The summed E-state index contributed by atoms with van der Waals surface area (Å²) in [4.78, 5) is 127. The zero-order chi connectivity index (χ0) is 77.6. The molecule has 0 radical (unpaired) electrons. The third-order valence-corrected chi connectivity index (χ3v) is 11.1. The van der Waals surface area contributed by atoms with Crippen LogP contribution in [0.4, 0.5) is 44.2 Å². The van der Waals surface area contributed by atoms with Crippen molar-refractivity contribution in [1.29, 1.82) is 0 Å². The van der Waals surface area contributed by atoms with Crippen LogP contribution in [0.5, 0.6) is 0 Å². The van der Waals surface area contributed by atoms with Gasteiger partial charge in [0.05, 0.1) is 67.9 Å². The van der Waals surface area contributed by atoms with E-state index in [1.165, 1.54) is 39.0 Å². The summed E-state index contributed by atoms with van der Waals surface area (Å²) in [6, 6.07) is 19.3. The first-order valence-electron chi connectivity index (χ1n) is 27.8. The predicted molar refractivity (Wildman–Crippen MR) is 379 cm³/mol. The van der Waals surface area contributed by atoms with E-state index < -0.39 is 97.7 Å². The molecule has 1 aromatic heterocycles. The molecule has 101 heavy (non-hydrogen) atoms. The first-order valence-corrected chi connectivity index (χ1v) is 29.9. The molecule has 0 spiro atoms. The minimum atomic E-state index is -1.69. The van der Waals surface area contributed by atoms with Gasteiger partial charge in [-0.15, -0.1) is 0 Å². The molecule has 6 rings (SSSR count). The van der Waals surface area contributed by atoms with E-state index in [0.29, 0.717) is 29.0 Å². The molecule has 36 nitrogen and oxygen atoms in total. The van der Waals surface area contributed by atoms with Gasteiger partial charge in [-0.2, -0.15) is 9.59 Å². The van der Waals surface area contributed by atoms with Crippen molar-refractivity contribution in [2.45, 2.75) is 83.6 Å². The zero-order valence-electron chi connectivity index (χ0n) is 55.8. The molecule has 5 aromatic carbocycles.